The second-order valence-corrected chi connectivity index (χ2v) is 7.76. The molecule has 3 aromatic heterocycles. The van der Waals surface area contributed by atoms with Crippen molar-refractivity contribution >= 4 is 22.1 Å². The summed E-state index contributed by atoms with van der Waals surface area (Å²) in [6.45, 7) is 0. The van der Waals surface area contributed by atoms with Gasteiger partial charge in [0.2, 0.25) is 0 Å². The Morgan fingerprint density at radius 2 is 1.63 bits per heavy atom. The van der Waals surface area contributed by atoms with Crippen molar-refractivity contribution in [1.29, 1.82) is 0 Å². The van der Waals surface area contributed by atoms with Crippen molar-refractivity contribution in [3.8, 4) is 22.5 Å². The first-order chi connectivity index (χ1) is 14.8. The number of aromatic nitrogens is 4. The summed E-state index contributed by atoms with van der Waals surface area (Å²) < 4.78 is 0. The number of H-pyrrole nitrogens is 1. The van der Waals surface area contributed by atoms with Gasteiger partial charge in [-0.05, 0) is 43.0 Å². The molecule has 0 spiro atoms. The molecule has 1 aliphatic carbocycles. The molecule has 0 amide bonds. The number of hydrogen-bond acceptors (Lipinski definition) is 4. The first kappa shape index (κ1) is 17.0. The van der Waals surface area contributed by atoms with E-state index < -0.39 is 0 Å². The second-order valence-electron chi connectivity index (χ2n) is 7.76. The Bertz CT molecular complexity index is 1470. The van der Waals surface area contributed by atoms with E-state index in [9.17, 15) is 4.79 Å². The molecule has 144 valence electrons. The molecular formula is C25H18N4O. The number of benzene rings is 2. The van der Waals surface area contributed by atoms with Crippen LogP contribution in [-0.4, -0.2) is 19.9 Å². The van der Waals surface area contributed by atoms with Crippen molar-refractivity contribution in [2.24, 2.45) is 0 Å². The van der Waals surface area contributed by atoms with Gasteiger partial charge in [0.05, 0.1) is 16.9 Å². The van der Waals surface area contributed by atoms with E-state index in [4.69, 9.17) is 9.97 Å². The van der Waals surface area contributed by atoms with Crippen molar-refractivity contribution < 1.29 is 0 Å². The number of rotatable bonds is 3. The third-order valence-corrected chi connectivity index (χ3v) is 5.65. The predicted molar refractivity (Wildman–Crippen MR) is 118 cm³/mol. The van der Waals surface area contributed by atoms with E-state index in [0.717, 1.165) is 57.3 Å². The van der Waals surface area contributed by atoms with Crippen LogP contribution in [0.4, 0.5) is 0 Å². The Morgan fingerprint density at radius 3 is 2.47 bits per heavy atom. The average molecular weight is 390 g/mol. The molecule has 0 unspecified atom stereocenters. The molecule has 5 nitrogen and oxygen atoms in total. The summed E-state index contributed by atoms with van der Waals surface area (Å²) in [4.78, 5) is 29.7. The SMILES string of the molecule is O=c1[nH]c2nc(-c3ccccc3)c(-c3ccc4ncccc4c3)nc2cc1C1CC1. The van der Waals surface area contributed by atoms with Gasteiger partial charge in [0, 0.05) is 28.3 Å². The highest BCUT2D eigenvalue weighted by Crippen LogP contribution is 2.39. The highest BCUT2D eigenvalue weighted by Gasteiger charge is 2.27. The summed E-state index contributed by atoms with van der Waals surface area (Å²) in [6, 6.07) is 22.0. The van der Waals surface area contributed by atoms with Crippen molar-refractivity contribution in [2.75, 3.05) is 0 Å². The lowest BCUT2D eigenvalue weighted by atomic mass is 10.0. The van der Waals surface area contributed by atoms with E-state index >= 15 is 0 Å². The molecular weight excluding hydrogens is 372 g/mol. The quantitative estimate of drug-likeness (QED) is 0.466. The van der Waals surface area contributed by atoms with E-state index in [-0.39, 0.29) is 5.56 Å². The maximum Gasteiger partial charge on any atom is 0.253 e. The predicted octanol–water partition coefficient (Wildman–Crippen LogP) is 5.08. The van der Waals surface area contributed by atoms with Crippen LogP contribution in [0.3, 0.4) is 0 Å². The van der Waals surface area contributed by atoms with Gasteiger partial charge < -0.3 is 4.98 Å². The molecule has 5 aromatic rings. The molecule has 0 radical (unpaired) electrons. The third-order valence-electron chi connectivity index (χ3n) is 5.65. The van der Waals surface area contributed by atoms with Crippen molar-refractivity contribution in [1.82, 2.24) is 19.9 Å². The van der Waals surface area contributed by atoms with Gasteiger partial charge in [-0.25, -0.2) is 9.97 Å². The number of aromatic amines is 1. The highest BCUT2D eigenvalue weighted by molar-refractivity contribution is 5.89. The summed E-state index contributed by atoms with van der Waals surface area (Å²) in [5.74, 6) is 0.351. The lowest BCUT2D eigenvalue weighted by Crippen LogP contribution is -2.13. The molecule has 1 N–H and O–H groups in total. The van der Waals surface area contributed by atoms with Gasteiger partial charge in [-0.2, -0.15) is 0 Å². The molecule has 1 saturated carbocycles. The fourth-order valence-electron chi connectivity index (χ4n) is 3.95. The summed E-state index contributed by atoms with van der Waals surface area (Å²) in [7, 11) is 0. The van der Waals surface area contributed by atoms with Crippen molar-refractivity contribution in [3.63, 3.8) is 0 Å². The van der Waals surface area contributed by atoms with Crippen LogP contribution in [0.5, 0.6) is 0 Å². The van der Waals surface area contributed by atoms with E-state index in [1.807, 2.05) is 60.7 Å². The zero-order valence-corrected chi connectivity index (χ0v) is 16.2. The number of pyridine rings is 2. The maximum atomic E-state index is 12.5. The van der Waals surface area contributed by atoms with Gasteiger partial charge >= 0.3 is 0 Å². The fourth-order valence-corrected chi connectivity index (χ4v) is 3.95. The van der Waals surface area contributed by atoms with Gasteiger partial charge in [-0.15, -0.1) is 0 Å². The smallest absolute Gasteiger partial charge is 0.253 e. The van der Waals surface area contributed by atoms with Crippen LogP contribution in [0.2, 0.25) is 0 Å². The Hall–Kier alpha value is -3.86. The van der Waals surface area contributed by atoms with E-state index in [1.165, 1.54) is 0 Å². The van der Waals surface area contributed by atoms with Crippen LogP contribution in [0.1, 0.15) is 24.3 Å². The van der Waals surface area contributed by atoms with Crippen LogP contribution in [-0.2, 0) is 0 Å². The van der Waals surface area contributed by atoms with Crippen LogP contribution < -0.4 is 5.56 Å². The summed E-state index contributed by atoms with van der Waals surface area (Å²) in [5, 5.41) is 1.05. The first-order valence-corrected chi connectivity index (χ1v) is 10.1. The second kappa shape index (κ2) is 6.59. The normalized spacial score (nSPS) is 13.7. The van der Waals surface area contributed by atoms with Gasteiger partial charge in [0.1, 0.15) is 5.52 Å². The zero-order valence-electron chi connectivity index (χ0n) is 16.2. The Morgan fingerprint density at radius 1 is 0.800 bits per heavy atom. The van der Waals surface area contributed by atoms with E-state index in [2.05, 4.69) is 16.0 Å². The third kappa shape index (κ3) is 2.87. The number of hydrogen-bond donors (Lipinski definition) is 1. The molecule has 2 aromatic carbocycles. The number of fused-ring (bicyclic) bond motifs is 2. The van der Waals surface area contributed by atoms with Crippen molar-refractivity contribution in [2.45, 2.75) is 18.8 Å². The summed E-state index contributed by atoms with van der Waals surface area (Å²) in [6.07, 6.45) is 3.92. The minimum Gasteiger partial charge on any atom is -0.305 e. The van der Waals surface area contributed by atoms with Gasteiger partial charge in [0.15, 0.2) is 5.65 Å². The average Bonchev–Trinajstić information content (AvgIpc) is 3.63. The Kier molecular flexibility index (Phi) is 3.74. The van der Waals surface area contributed by atoms with Crippen LogP contribution in [0, 0.1) is 0 Å². The molecule has 1 aliphatic rings. The Labute approximate surface area is 172 Å². The lowest BCUT2D eigenvalue weighted by molar-refractivity contribution is 1.05. The van der Waals surface area contributed by atoms with E-state index in [0.29, 0.717) is 11.6 Å². The molecule has 0 atom stereocenters. The monoisotopic (exact) mass is 390 g/mol. The first-order valence-electron chi connectivity index (χ1n) is 10.1. The van der Waals surface area contributed by atoms with Crippen molar-refractivity contribution in [3.05, 3.63) is 88.8 Å². The molecule has 5 heteroatoms. The van der Waals surface area contributed by atoms with Crippen LogP contribution in [0.25, 0.3) is 44.6 Å². The molecule has 1 fully saturated rings. The van der Waals surface area contributed by atoms with Crippen LogP contribution >= 0.6 is 0 Å². The fraction of sp³-hybridized carbons (Fsp3) is 0.120. The minimum atomic E-state index is -0.0529. The van der Waals surface area contributed by atoms with Gasteiger partial charge in [-0.1, -0.05) is 42.5 Å². The zero-order chi connectivity index (χ0) is 20.1. The number of nitrogens with zero attached hydrogens (tertiary/aromatic N) is 3. The summed E-state index contributed by atoms with van der Waals surface area (Å²) in [5.41, 5.74) is 6.43. The minimum absolute atomic E-state index is 0.0529. The molecule has 3 heterocycles. The highest BCUT2D eigenvalue weighted by atomic mass is 16.1. The van der Waals surface area contributed by atoms with Crippen LogP contribution in [0.15, 0.2) is 77.7 Å². The molecule has 0 bridgehead atoms. The molecule has 0 saturated heterocycles. The molecule has 6 rings (SSSR count). The maximum absolute atomic E-state index is 12.5. The van der Waals surface area contributed by atoms with Gasteiger partial charge in [-0.3, -0.25) is 9.78 Å². The molecule has 0 aliphatic heterocycles. The molecule has 30 heavy (non-hydrogen) atoms. The van der Waals surface area contributed by atoms with E-state index in [1.54, 1.807) is 6.20 Å². The van der Waals surface area contributed by atoms with Gasteiger partial charge in [0.25, 0.3) is 5.56 Å². The largest absolute Gasteiger partial charge is 0.305 e. The lowest BCUT2D eigenvalue weighted by Gasteiger charge is -2.11. The topological polar surface area (TPSA) is 71.5 Å². The Balaban J connectivity index is 1.64. The summed E-state index contributed by atoms with van der Waals surface area (Å²) >= 11 is 0. The number of nitrogens with one attached hydrogen (secondary N) is 1. The standard InChI is InChI=1S/C25H18N4O/c30-25-19(15-8-9-15)14-21-24(29-25)28-22(16-5-2-1-3-6-16)23(27-21)18-10-11-20-17(13-18)7-4-12-26-20/h1-7,10-15H,8-9H2,(H,28,29,30).